The molecule has 2 aromatic rings. The molecule has 2 atom stereocenters. The number of nitrogens with one attached hydrogen (secondary N) is 1. The summed E-state index contributed by atoms with van der Waals surface area (Å²) in [4.78, 5) is 20.0. The van der Waals surface area contributed by atoms with Gasteiger partial charge in [-0.1, -0.05) is 0 Å². The molecule has 21 heavy (non-hydrogen) atoms. The number of nitrogens with zero attached hydrogens (tertiary/aromatic N) is 2. The molecule has 0 radical (unpaired) electrons. The van der Waals surface area contributed by atoms with E-state index in [1.54, 1.807) is 19.3 Å². The van der Waals surface area contributed by atoms with Crippen LogP contribution in [0, 0.1) is 0 Å². The molecule has 0 aromatic carbocycles. The quantitative estimate of drug-likeness (QED) is 0.889. The van der Waals surface area contributed by atoms with Crippen molar-refractivity contribution in [1.82, 2.24) is 15.3 Å². The predicted octanol–water partition coefficient (Wildman–Crippen LogP) is 2.57. The second-order valence-corrected chi connectivity index (χ2v) is 5.22. The van der Waals surface area contributed by atoms with Crippen molar-refractivity contribution in [3.63, 3.8) is 0 Å². The van der Waals surface area contributed by atoms with Crippen LogP contribution in [-0.2, 0) is 4.79 Å². The van der Waals surface area contributed by atoms with Crippen molar-refractivity contribution in [3.8, 4) is 11.3 Å². The SMILES string of the molecule is CC(NC(=O)[C@@H](C)N)c1nc(-c2ccncc2)cs1.Cl.Cl. The van der Waals surface area contributed by atoms with Crippen LogP contribution in [0.3, 0.4) is 0 Å². The lowest BCUT2D eigenvalue weighted by atomic mass is 10.2. The van der Waals surface area contributed by atoms with Gasteiger partial charge in [0.15, 0.2) is 0 Å². The number of halogens is 2. The molecule has 1 unspecified atom stereocenters. The number of amides is 1. The van der Waals surface area contributed by atoms with E-state index in [1.807, 2.05) is 24.4 Å². The first kappa shape index (κ1) is 19.8. The molecule has 0 bridgehead atoms. The van der Waals surface area contributed by atoms with E-state index in [9.17, 15) is 4.79 Å². The van der Waals surface area contributed by atoms with Crippen molar-refractivity contribution in [2.75, 3.05) is 0 Å². The fourth-order valence-electron chi connectivity index (χ4n) is 1.55. The Kier molecular flexibility index (Phi) is 8.43. The van der Waals surface area contributed by atoms with Gasteiger partial charge in [-0.05, 0) is 26.0 Å². The van der Waals surface area contributed by atoms with Gasteiger partial charge in [0.05, 0.1) is 17.8 Å². The summed E-state index contributed by atoms with van der Waals surface area (Å²) in [7, 11) is 0. The summed E-state index contributed by atoms with van der Waals surface area (Å²) in [6.07, 6.45) is 3.46. The van der Waals surface area contributed by atoms with E-state index in [0.717, 1.165) is 16.3 Å². The summed E-state index contributed by atoms with van der Waals surface area (Å²) in [6, 6.07) is 3.16. The average molecular weight is 349 g/mol. The van der Waals surface area contributed by atoms with Gasteiger partial charge < -0.3 is 11.1 Å². The number of aromatic nitrogens is 2. The topological polar surface area (TPSA) is 80.9 Å². The Morgan fingerprint density at radius 2 is 1.90 bits per heavy atom. The summed E-state index contributed by atoms with van der Waals surface area (Å²) < 4.78 is 0. The van der Waals surface area contributed by atoms with Crippen LogP contribution >= 0.6 is 36.2 Å². The third-order valence-electron chi connectivity index (χ3n) is 2.64. The summed E-state index contributed by atoms with van der Waals surface area (Å²) >= 11 is 1.52. The fraction of sp³-hybridized carbons (Fsp3) is 0.308. The van der Waals surface area contributed by atoms with Crippen LogP contribution in [0.2, 0.25) is 0 Å². The van der Waals surface area contributed by atoms with E-state index in [2.05, 4.69) is 15.3 Å². The lowest BCUT2D eigenvalue weighted by Crippen LogP contribution is -2.39. The van der Waals surface area contributed by atoms with Crippen molar-refractivity contribution in [2.45, 2.75) is 25.9 Å². The fourth-order valence-corrected chi connectivity index (χ4v) is 2.38. The highest BCUT2D eigenvalue weighted by atomic mass is 35.5. The zero-order chi connectivity index (χ0) is 13.8. The molecule has 116 valence electrons. The first-order valence-electron chi connectivity index (χ1n) is 5.99. The van der Waals surface area contributed by atoms with Gasteiger partial charge in [0, 0.05) is 23.3 Å². The highest BCUT2D eigenvalue weighted by Gasteiger charge is 2.15. The summed E-state index contributed by atoms with van der Waals surface area (Å²) in [6.45, 7) is 3.56. The lowest BCUT2D eigenvalue weighted by Gasteiger charge is -2.12. The number of pyridine rings is 1. The lowest BCUT2D eigenvalue weighted by molar-refractivity contribution is -0.122. The molecule has 0 aliphatic carbocycles. The number of carbonyl (C=O) groups excluding carboxylic acids is 1. The standard InChI is InChI=1S/C13H16N4OS.2ClH/c1-8(14)12(18)16-9(2)13-17-11(7-19-13)10-3-5-15-6-4-10;;/h3-9H,14H2,1-2H3,(H,16,18);2*1H/t8-,9?;;/m1../s1. The minimum atomic E-state index is -0.512. The molecule has 5 nitrogen and oxygen atoms in total. The maximum absolute atomic E-state index is 11.5. The molecule has 2 heterocycles. The molecule has 2 aromatic heterocycles. The molecule has 0 spiro atoms. The Bertz CT molecular complexity index is 562. The zero-order valence-electron chi connectivity index (χ0n) is 11.6. The summed E-state index contributed by atoms with van der Waals surface area (Å²) in [5.74, 6) is -0.173. The largest absolute Gasteiger partial charge is 0.346 e. The smallest absolute Gasteiger partial charge is 0.237 e. The van der Waals surface area contributed by atoms with Crippen LogP contribution in [0.4, 0.5) is 0 Å². The highest BCUT2D eigenvalue weighted by Crippen LogP contribution is 2.24. The Balaban J connectivity index is 0.00000200. The second kappa shape index (κ2) is 8.94. The van der Waals surface area contributed by atoms with Crippen LogP contribution < -0.4 is 11.1 Å². The van der Waals surface area contributed by atoms with Crippen LogP contribution in [0.25, 0.3) is 11.3 Å². The van der Waals surface area contributed by atoms with Gasteiger partial charge >= 0.3 is 0 Å². The van der Waals surface area contributed by atoms with Gasteiger partial charge in [-0.3, -0.25) is 9.78 Å². The Morgan fingerprint density at radius 3 is 2.48 bits per heavy atom. The maximum Gasteiger partial charge on any atom is 0.237 e. The normalized spacial score (nSPS) is 12.5. The molecule has 0 saturated heterocycles. The van der Waals surface area contributed by atoms with Gasteiger partial charge in [-0.25, -0.2) is 4.98 Å². The summed E-state index contributed by atoms with van der Waals surface area (Å²) in [5, 5.41) is 5.67. The zero-order valence-corrected chi connectivity index (χ0v) is 14.1. The minimum absolute atomic E-state index is 0. The highest BCUT2D eigenvalue weighted by molar-refractivity contribution is 7.10. The van der Waals surface area contributed by atoms with Crippen molar-refractivity contribution >= 4 is 42.1 Å². The molecule has 0 saturated carbocycles. The van der Waals surface area contributed by atoms with Crippen molar-refractivity contribution < 1.29 is 4.79 Å². The van der Waals surface area contributed by atoms with Gasteiger partial charge in [0.25, 0.3) is 0 Å². The molecule has 0 aliphatic heterocycles. The predicted molar refractivity (Wildman–Crippen MR) is 90.0 cm³/mol. The van der Waals surface area contributed by atoms with E-state index >= 15 is 0 Å². The van der Waals surface area contributed by atoms with Crippen LogP contribution in [-0.4, -0.2) is 21.9 Å². The molecule has 0 fully saturated rings. The third kappa shape index (κ3) is 5.24. The third-order valence-corrected chi connectivity index (χ3v) is 3.67. The van der Waals surface area contributed by atoms with E-state index in [0.29, 0.717) is 0 Å². The van der Waals surface area contributed by atoms with E-state index in [-0.39, 0.29) is 36.8 Å². The van der Waals surface area contributed by atoms with Crippen LogP contribution in [0.5, 0.6) is 0 Å². The molecule has 3 N–H and O–H groups in total. The molecule has 0 aliphatic rings. The van der Waals surface area contributed by atoms with E-state index in [1.165, 1.54) is 11.3 Å². The van der Waals surface area contributed by atoms with E-state index in [4.69, 9.17) is 5.73 Å². The molecular weight excluding hydrogens is 331 g/mol. The number of thiazole rings is 1. The first-order valence-corrected chi connectivity index (χ1v) is 6.87. The number of hydrogen-bond donors (Lipinski definition) is 2. The monoisotopic (exact) mass is 348 g/mol. The average Bonchev–Trinajstić information content (AvgIpc) is 2.89. The van der Waals surface area contributed by atoms with E-state index < -0.39 is 6.04 Å². The van der Waals surface area contributed by atoms with Gasteiger partial charge in [-0.15, -0.1) is 36.2 Å². The maximum atomic E-state index is 11.5. The molecule has 2 rings (SSSR count). The van der Waals surface area contributed by atoms with Crippen molar-refractivity contribution in [3.05, 3.63) is 34.9 Å². The summed E-state index contributed by atoms with van der Waals surface area (Å²) in [5.41, 5.74) is 7.43. The Hall–Kier alpha value is -1.21. The minimum Gasteiger partial charge on any atom is -0.346 e. The first-order chi connectivity index (χ1) is 9.08. The van der Waals surface area contributed by atoms with Crippen molar-refractivity contribution in [1.29, 1.82) is 0 Å². The molecule has 1 amide bonds. The number of rotatable bonds is 4. The van der Waals surface area contributed by atoms with Crippen molar-refractivity contribution in [2.24, 2.45) is 5.73 Å². The van der Waals surface area contributed by atoms with Gasteiger partial charge in [0.2, 0.25) is 5.91 Å². The second-order valence-electron chi connectivity index (χ2n) is 4.33. The van der Waals surface area contributed by atoms with Crippen LogP contribution in [0.15, 0.2) is 29.9 Å². The van der Waals surface area contributed by atoms with Gasteiger partial charge in [-0.2, -0.15) is 0 Å². The number of hydrogen-bond acceptors (Lipinski definition) is 5. The Morgan fingerprint density at radius 1 is 1.29 bits per heavy atom. The van der Waals surface area contributed by atoms with Crippen LogP contribution in [0.1, 0.15) is 24.9 Å². The molecule has 8 heteroatoms. The van der Waals surface area contributed by atoms with Gasteiger partial charge in [0.1, 0.15) is 5.01 Å². The Labute approximate surface area is 140 Å². The molecular formula is C13H18Cl2N4OS. The number of carbonyl (C=O) groups is 1. The number of nitrogens with two attached hydrogens (primary N) is 1.